The lowest BCUT2D eigenvalue weighted by molar-refractivity contribution is 0.317. The van der Waals surface area contributed by atoms with Gasteiger partial charge in [-0.05, 0) is 30.7 Å². The van der Waals surface area contributed by atoms with Crippen LogP contribution in [-0.2, 0) is 14.1 Å². The molecule has 0 bridgehead atoms. The minimum Gasteiger partial charge on any atom is -0.494 e. The van der Waals surface area contributed by atoms with Gasteiger partial charge in [-0.25, -0.2) is 9.78 Å². The Morgan fingerprint density at radius 2 is 1.83 bits per heavy atom. The second-order valence-electron chi connectivity index (χ2n) is 5.36. The van der Waals surface area contributed by atoms with Crippen LogP contribution in [0.1, 0.15) is 13.3 Å². The van der Waals surface area contributed by atoms with Crippen molar-refractivity contribution in [2.24, 2.45) is 14.1 Å². The summed E-state index contributed by atoms with van der Waals surface area (Å²) in [6.07, 6.45) is 0.947. The Bertz CT molecular complexity index is 964. The molecule has 120 valence electrons. The summed E-state index contributed by atoms with van der Waals surface area (Å²) in [5.41, 5.74) is 0.698. The number of fused-ring (bicyclic) bond motifs is 1. The Labute approximate surface area is 132 Å². The minimum absolute atomic E-state index is 0.316. The van der Waals surface area contributed by atoms with E-state index < -0.39 is 5.69 Å². The number of nitrogens with zero attached hydrogens (tertiary/aromatic N) is 3. The molecule has 0 aliphatic heterocycles. The molecular weight excluding hydrogens is 296 g/mol. The Balaban J connectivity index is 2.07. The first-order chi connectivity index (χ1) is 11.0. The lowest BCUT2D eigenvalue weighted by Crippen LogP contribution is -2.36. The van der Waals surface area contributed by atoms with Crippen LogP contribution in [0.4, 0.5) is 0 Å². The van der Waals surface area contributed by atoms with Gasteiger partial charge in [0.2, 0.25) is 0 Å². The first-order valence-corrected chi connectivity index (χ1v) is 7.42. The van der Waals surface area contributed by atoms with Crippen molar-refractivity contribution in [3.05, 3.63) is 45.1 Å². The molecule has 0 amide bonds. The molecule has 2 aromatic heterocycles. The summed E-state index contributed by atoms with van der Waals surface area (Å²) in [5, 5.41) is 0. The van der Waals surface area contributed by atoms with E-state index in [1.165, 1.54) is 11.6 Å². The second-order valence-corrected chi connectivity index (χ2v) is 5.36. The van der Waals surface area contributed by atoms with E-state index in [2.05, 4.69) is 9.97 Å². The number of rotatable bonds is 4. The number of aryl methyl sites for hydroxylation is 1. The van der Waals surface area contributed by atoms with Gasteiger partial charge in [0, 0.05) is 19.7 Å². The first-order valence-electron chi connectivity index (χ1n) is 7.42. The van der Waals surface area contributed by atoms with Crippen LogP contribution in [0.15, 0.2) is 33.9 Å². The topological polar surface area (TPSA) is 81.9 Å². The fourth-order valence-corrected chi connectivity index (χ4v) is 2.39. The van der Waals surface area contributed by atoms with Crippen molar-refractivity contribution in [1.29, 1.82) is 0 Å². The quantitative estimate of drug-likeness (QED) is 0.789. The van der Waals surface area contributed by atoms with Gasteiger partial charge in [0.1, 0.15) is 17.1 Å². The van der Waals surface area contributed by atoms with Gasteiger partial charge in [0.15, 0.2) is 5.65 Å². The Morgan fingerprint density at radius 1 is 1.13 bits per heavy atom. The van der Waals surface area contributed by atoms with Gasteiger partial charge < -0.3 is 9.72 Å². The average molecular weight is 314 g/mol. The number of hydrogen-bond donors (Lipinski definition) is 1. The molecule has 0 saturated heterocycles. The SMILES string of the molecule is CCCOc1ccc(-c2nc3c([nH]2)c(=O)n(C)c(=O)n3C)cc1. The van der Waals surface area contributed by atoms with E-state index in [0.717, 1.165) is 22.3 Å². The number of H-pyrrole nitrogens is 1. The van der Waals surface area contributed by atoms with E-state index >= 15 is 0 Å². The van der Waals surface area contributed by atoms with Crippen molar-refractivity contribution in [3.63, 3.8) is 0 Å². The van der Waals surface area contributed by atoms with Crippen LogP contribution in [0.5, 0.6) is 5.75 Å². The lowest BCUT2D eigenvalue weighted by atomic mass is 10.2. The molecule has 3 rings (SSSR count). The van der Waals surface area contributed by atoms with Crippen molar-refractivity contribution in [3.8, 4) is 17.1 Å². The lowest BCUT2D eigenvalue weighted by Gasteiger charge is -2.04. The van der Waals surface area contributed by atoms with Crippen molar-refractivity contribution in [2.75, 3.05) is 6.61 Å². The van der Waals surface area contributed by atoms with E-state index in [0.29, 0.717) is 23.6 Å². The van der Waals surface area contributed by atoms with E-state index in [1.807, 2.05) is 31.2 Å². The fourth-order valence-electron chi connectivity index (χ4n) is 2.39. The third kappa shape index (κ3) is 2.54. The molecule has 7 heteroatoms. The summed E-state index contributed by atoms with van der Waals surface area (Å²) in [5.74, 6) is 1.33. The number of ether oxygens (including phenoxy) is 1. The number of benzene rings is 1. The van der Waals surface area contributed by atoms with Gasteiger partial charge >= 0.3 is 5.69 Å². The standard InChI is InChI=1S/C16H18N4O3/c1-4-9-23-11-7-5-10(6-8-11)13-17-12-14(18-13)19(2)16(22)20(3)15(12)21/h5-8H,4,9H2,1-3H3,(H,17,18). The molecule has 1 N–H and O–H groups in total. The summed E-state index contributed by atoms with van der Waals surface area (Å²) in [6.45, 7) is 2.72. The number of aromatic amines is 1. The molecule has 0 radical (unpaired) electrons. The smallest absolute Gasteiger partial charge is 0.332 e. The van der Waals surface area contributed by atoms with Gasteiger partial charge in [0.05, 0.1) is 6.61 Å². The number of hydrogen-bond acceptors (Lipinski definition) is 4. The van der Waals surface area contributed by atoms with Crippen LogP contribution in [-0.4, -0.2) is 25.7 Å². The summed E-state index contributed by atoms with van der Waals surface area (Å²) in [4.78, 5) is 31.5. The largest absolute Gasteiger partial charge is 0.494 e. The third-order valence-corrected chi connectivity index (χ3v) is 3.70. The van der Waals surface area contributed by atoms with Crippen LogP contribution in [0.2, 0.25) is 0 Å². The fraction of sp³-hybridized carbons (Fsp3) is 0.312. The van der Waals surface area contributed by atoms with Crippen LogP contribution < -0.4 is 16.0 Å². The molecule has 0 aliphatic rings. The summed E-state index contributed by atoms with van der Waals surface area (Å²) < 4.78 is 7.96. The highest BCUT2D eigenvalue weighted by Gasteiger charge is 2.14. The maximum absolute atomic E-state index is 12.2. The Kier molecular flexibility index (Phi) is 3.77. The molecule has 0 saturated carbocycles. The number of imidazole rings is 1. The minimum atomic E-state index is -0.399. The van der Waals surface area contributed by atoms with Crippen LogP contribution in [0.25, 0.3) is 22.6 Å². The van der Waals surface area contributed by atoms with Crippen molar-refractivity contribution >= 4 is 11.2 Å². The molecule has 0 spiro atoms. The van der Waals surface area contributed by atoms with Gasteiger partial charge in [0.25, 0.3) is 5.56 Å². The Morgan fingerprint density at radius 3 is 2.48 bits per heavy atom. The van der Waals surface area contributed by atoms with E-state index in [9.17, 15) is 9.59 Å². The van der Waals surface area contributed by atoms with Crippen molar-refractivity contribution in [2.45, 2.75) is 13.3 Å². The molecule has 0 atom stereocenters. The summed E-state index contributed by atoms with van der Waals surface area (Å²) >= 11 is 0. The maximum atomic E-state index is 12.2. The highest BCUT2D eigenvalue weighted by Crippen LogP contribution is 2.21. The van der Waals surface area contributed by atoms with Gasteiger partial charge in [-0.15, -0.1) is 0 Å². The molecule has 0 aliphatic carbocycles. The van der Waals surface area contributed by atoms with Crippen LogP contribution in [0.3, 0.4) is 0 Å². The van der Waals surface area contributed by atoms with E-state index in [4.69, 9.17) is 4.74 Å². The zero-order valence-corrected chi connectivity index (χ0v) is 13.3. The van der Waals surface area contributed by atoms with E-state index in [-0.39, 0.29) is 5.56 Å². The summed E-state index contributed by atoms with van der Waals surface area (Å²) in [7, 11) is 3.04. The molecule has 0 unspecified atom stereocenters. The van der Waals surface area contributed by atoms with Gasteiger partial charge in [-0.2, -0.15) is 0 Å². The Hall–Kier alpha value is -2.83. The monoisotopic (exact) mass is 314 g/mol. The second kappa shape index (κ2) is 5.75. The molecule has 3 aromatic rings. The number of aromatic nitrogens is 4. The van der Waals surface area contributed by atoms with Gasteiger partial charge in [-0.1, -0.05) is 6.92 Å². The highest BCUT2D eigenvalue weighted by molar-refractivity contribution is 5.75. The molecular formula is C16H18N4O3. The van der Waals surface area contributed by atoms with Crippen LogP contribution in [0, 0.1) is 0 Å². The van der Waals surface area contributed by atoms with Gasteiger partial charge in [-0.3, -0.25) is 13.9 Å². The average Bonchev–Trinajstić information content (AvgIpc) is 3.02. The molecule has 1 aromatic carbocycles. The molecule has 2 heterocycles. The predicted molar refractivity (Wildman–Crippen MR) is 87.8 cm³/mol. The molecule has 0 fully saturated rings. The van der Waals surface area contributed by atoms with E-state index in [1.54, 1.807) is 7.05 Å². The highest BCUT2D eigenvalue weighted by atomic mass is 16.5. The third-order valence-electron chi connectivity index (χ3n) is 3.70. The first kappa shape index (κ1) is 15.1. The summed E-state index contributed by atoms with van der Waals surface area (Å²) in [6, 6.07) is 7.45. The molecule has 23 heavy (non-hydrogen) atoms. The molecule has 7 nitrogen and oxygen atoms in total. The maximum Gasteiger partial charge on any atom is 0.332 e. The normalized spacial score (nSPS) is 11.1. The van der Waals surface area contributed by atoms with Crippen molar-refractivity contribution in [1.82, 2.24) is 19.1 Å². The zero-order chi connectivity index (χ0) is 16.6. The van der Waals surface area contributed by atoms with Crippen molar-refractivity contribution < 1.29 is 4.74 Å². The van der Waals surface area contributed by atoms with Crippen LogP contribution >= 0.6 is 0 Å². The predicted octanol–water partition coefficient (Wildman–Crippen LogP) is 1.42. The zero-order valence-electron chi connectivity index (χ0n) is 13.3. The number of nitrogens with one attached hydrogen (secondary N) is 1.